The second kappa shape index (κ2) is 9.23. The molecule has 0 aliphatic carbocycles. The van der Waals surface area contributed by atoms with E-state index in [9.17, 15) is 0 Å². The highest BCUT2D eigenvalue weighted by molar-refractivity contribution is 6.30. The highest BCUT2D eigenvalue weighted by Gasteiger charge is 2.04. The lowest BCUT2D eigenvalue weighted by molar-refractivity contribution is 0.301. The fraction of sp³-hybridized carbons (Fsp3) is 0.600. The van der Waals surface area contributed by atoms with Crippen molar-refractivity contribution in [3.05, 3.63) is 28.8 Å². The van der Waals surface area contributed by atoms with E-state index in [-0.39, 0.29) is 0 Å². The normalized spacial score (nSPS) is 10.6. The van der Waals surface area contributed by atoms with Gasteiger partial charge in [-0.3, -0.25) is 0 Å². The zero-order chi connectivity index (χ0) is 13.2. The molecule has 1 rings (SSSR count). The smallest absolute Gasteiger partial charge is 0.123 e. The molecule has 0 amide bonds. The van der Waals surface area contributed by atoms with E-state index >= 15 is 0 Å². The van der Waals surface area contributed by atoms with Crippen molar-refractivity contribution < 1.29 is 4.74 Å². The van der Waals surface area contributed by atoms with Gasteiger partial charge in [-0.2, -0.15) is 0 Å². The zero-order valence-electron chi connectivity index (χ0n) is 11.5. The number of nitrogens with one attached hydrogen (secondary N) is 1. The molecule has 18 heavy (non-hydrogen) atoms. The van der Waals surface area contributed by atoms with Gasteiger partial charge in [0.1, 0.15) is 5.75 Å². The maximum absolute atomic E-state index is 6.01. The summed E-state index contributed by atoms with van der Waals surface area (Å²) in [6.07, 6.45) is 4.91. The molecule has 0 fully saturated rings. The average Bonchev–Trinajstić information content (AvgIpc) is 2.38. The van der Waals surface area contributed by atoms with Crippen molar-refractivity contribution in [2.45, 2.75) is 46.1 Å². The van der Waals surface area contributed by atoms with Gasteiger partial charge in [-0.25, -0.2) is 0 Å². The molecule has 0 bridgehead atoms. The van der Waals surface area contributed by atoms with Crippen LogP contribution in [0.4, 0.5) is 0 Å². The zero-order valence-corrected chi connectivity index (χ0v) is 12.2. The lowest BCUT2D eigenvalue weighted by atomic mass is 10.2. The highest BCUT2D eigenvalue weighted by atomic mass is 35.5. The fourth-order valence-electron chi connectivity index (χ4n) is 1.80. The first-order valence-electron chi connectivity index (χ1n) is 6.89. The summed E-state index contributed by atoms with van der Waals surface area (Å²) >= 11 is 6.01. The predicted octanol–water partition coefficient (Wildman–Crippen LogP) is 4.41. The van der Waals surface area contributed by atoms with Gasteiger partial charge in [0, 0.05) is 17.1 Å². The van der Waals surface area contributed by atoms with Crippen LogP contribution in [0.5, 0.6) is 5.75 Å². The molecule has 1 aromatic carbocycles. The van der Waals surface area contributed by atoms with Gasteiger partial charge in [-0.15, -0.1) is 0 Å². The van der Waals surface area contributed by atoms with Crippen molar-refractivity contribution in [2.75, 3.05) is 13.2 Å². The molecule has 102 valence electrons. The molecule has 0 aliphatic rings. The molecule has 3 heteroatoms. The molecule has 0 saturated carbocycles. The second-order valence-corrected chi connectivity index (χ2v) is 4.88. The van der Waals surface area contributed by atoms with Crippen LogP contribution in [0.1, 0.15) is 45.1 Å². The molecule has 0 radical (unpaired) electrons. The minimum atomic E-state index is 0.765. The topological polar surface area (TPSA) is 21.3 Å². The summed E-state index contributed by atoms with van der Waals surface area (Å²) in [5.41, 5.74) is 1.14. The van der Waals surface area contributed by atoms with Crippen molar-refractivity contribution in [2.24, 2.45) is 0 Å². The summed E-state index contributed by atoms with van der Waals surface area (Å²) in [6.45, 7) is 6.86. The van der Waals surface area contributed by atoms with Crippen LogP contribution in [0, 0.1) is 0 Å². The first kappa shape index (κ1) is 15.3. The molecule has 0 aliphatic heterocycles. The van der Waals surface area contributed by atoms with Gasteiger partial charge in [0.2, 0.25) is 0 Å². The number of rotatable bonds is 9. The van der Waals surface area contributed by atoms with Crippen LogP contribution in [0.2, 0.25) is 5.02 Å². The van der Waals surface area contributed by atoms with Gasteiger partial charge in [0.05, 0.1) is 6.61 Å². The largest absolute Gasteiger partial charge is 0.493 e. The third-order valence-electron chi connectivity index (χ3n) is 2.84. The Hall–Kier alpha value is -0.730. The Bertz CT molecular complexity index is 341. The standard InChI is InChI=1S/C15H24ClNO/c1-3-5-6-7-10-18-15-9-8-14(16)11-13(15)12-17-4-2/h8-9,11,17H,3-7,10,12H2,1-2H3. The monoisotopic (exact) mass is 269 g/mol. The number of hydrogen-bond donors (Lipinski definition) is 1. The molecule has 0 unspecified atom stereocenters. The van der Waals surface area contributed by atoms with Gasteiger partial charge in [-0.1, -0.05) is 44.7 Å². The van der Waals surface area contributed by atoms with Gasteiger partial charge in [0.25, 0.3) is 0 Å². The molecule has 2 nitrogen and oxygen atoms in total. The van der Waals surface area contributed by atoms with Crippen LogP contribution in [-0.2, 0) is 6.54 Å². The highest BCUT2D eigenvalue weighted by Crippen LogP contribution is 2.23. The van der Waals surface area contributed by atoms with E-state index in [2.05, 4.69) is 19.2 Å². The Morgan fingerprint density at radius 1 is 1.17 bits per heavy atom. The van der Waals surface area contributed by atoms with E-state index < -0.39 is 0 Å². The molecule has 1 aromatic rings. The van der Waals surface area contributed by atoms with E-state index in [1.54, 1.807) is 0 Å². The summed E-state index contributed by atoms with van der Waals surface area (Å²) in [5, 5.41) is 4.07. The Labute approximate surface area is 116 Å². The molecule has 0 spiro atoms. The van der Waals surface area contributed by atoms with E-state index in [1.165, 1.54) is 19.3 Å². The molecule has 0 aromatic heterocycles. The maximum Gasteiger partial charge on any atom is 0.123 e. The molecule has 0 atom stereocenters. The van der Waals surface area contributed by atoms with Gasteiger partial charge in [-0.05, 0) is 31.2 Å². The predicted molar refractivity (Wildman–Crippen MR) is 78.5 cm³/mol. The average molecular weight is 270 g/mol. The number of halogens is 1. The summed E-state index contributed by atoms with van der Waals surface area (Å²) in [5.74, 6) is 0.955. The van der Waals surface area contributed by atoms with E-state index in [0.717, 1.165) is 42.5 Å². The number of ether oxygens (including phenoxy) is 1. The number of benzene rings is 1. The second-order valence-electron chi connectivity index (χ2n) is 4.44. The van der Waals surface area contributed by atoms with Crippen molar-refractivity contribution >= 4 is 11.6 Å². The lowest BCUT2D eigenvalue weighted by Crippen LogP contribution is -2.13. The summed E-state index contributed by atoms with van der Waals surface area (Å²) < 4.78 is 5.84. The Morgan fingerprint density at radius 2 is 2.00 bits per heavy atom. The minimum absolute atomic E-state index is 0.765. The molecule has 0 heterocycles. The van der Waals surface area contributed by atoms with E-state index in [0.29, 0.717) is 0 Å². The van der Waals surface area contributed by atoms with Gasteiger partial charge in [0.15, 0.2) is 0 Å². The van der Waals surface area contributed by atoms with Crippen molar-refractivity contribution in [1.29, 1.82) is 0 Å². The molecular formula is C15H24ClNO. The quantitative estimate of drug-likeness (QED) is 0.671. The molecule has 0 saturated heterocycles. The molecular weight excluding hydrogens is 246 g/mol. The van der Waals surface area contributed by atoms with E-state index in [1.807, 2.05) is 18.2 Å². The van der Waals surface area contributed by atoms with Crippen LogP contribution in [0.25, 0.3) is 0 Å². The van der Waals surface area contributed by atoms with E-state index in [4.69, 9.17) is 16.3 Å². The van der Waals surface area contributed by atoms with Crippen LogP contribution in [0.3, 0.4) is 0 Å². The minimum Gasteiger partial charge on any atom is -0.493 e. The van der Waals surface area contributed by atoms with Gasteiger partial charge < -0.3 is 10.1 Å². The lowest BCUT2D eigenvalue weighted by Gasteiger charge is -2.12. The maximum atomic E-state index is 6.01. The third-order valence-corrected chi connectivity index (χ3v) is 3.08. The van der Waals surface area contributed by atoms with Crippen molar-refractivity contribution in [3.8, 4) is 5.75 Å². The van der Waals surface area contributed by atoms with Crippen LogP contribution >= 0.6 is 11.6 Å². The summed E-state index contributed by atoms with van der Waals surface area (Å²) in [6, 6.07) is 5.83. The first-order valence-corrected chi connectivity index (χ1v) is 7.27. The first-order chi connectivity index (χ1) is 8.77. The Balaban J connectivity index is 2.47. The van der Waals surface area contributed by atoms with Gasteiger partial charge >= 0.3 is 0 Å². The summed E-state index contributed by atoms with van der Waals surface area (Å²) in [4.78, 5) is 0. The SMILES string of the molecule is CCCCCCOc1ccc(Cl)cc1CNCC. The van der Waals surface area contributed by atoms with Crippen molar-refractivity contribution in [3.63, 3.8) is 0 Å². The van der Waals surface area contributed by atoms with Crippen LogP contribution < -0.4 is 10.1 Å². The molecule has 1 N–H and O–H groups in total. The van der Waals surface area contributed by atoms with Crippen LogP contribution in [0.15, 0.2) is 18.2 Å². The summed E-state index contributed by atoms with van der Waals surface area (Å²) in [7, 11) is 0. The van der Waals surface area contributed by atoms with Crippen molar-refractivity contribution in [1.82, 2.24) is 5.32 Å². The van der Waals surface area contributed by atoms with Crippen LogP contribution in [-0.4, -0.2) is 13.2 Å². The third kappa shape index (κ3) is 5.74. The Morgan fingerprint density at radius 3 is 2.72 bits per heavy atom. The number of unbranched alkanes of at least 4 members (excludes halogenated alkanes) is 3. The Kier molecular flexibility index (Phi) is 7.86. The fourth-order valence-corrected chi connectivity index (χ4v) is 1.99. The number of hydrogen-bond acceptors (Lipinski definition) is 2.